The largest absolute Gasteiger partial charge is 0.342 e. The molecule has 0 unspecified atom stereocenters. The summed E-state index contributed by atoms with van der Waals surface area (Å²) in [6.45, 7) is 0. The number of hydrogen-bond acceptors (Lipinski definition) is 1. The quantitative estimate of drug-likeness (QED) is 0.768. The summed E-state index contributed by atoms with van der Waals surface area (Å²) in [5.41, 5.74) is 2.21. The Kier molecular flexibility index (Phi) is 2.09. The van der Waals surface area contributed by atoms with Crippen molar-refractivity contribution in [2.24, 2.45) is 0 Å². The van der Waals surface area contributed by atoms with E-state index in [0.29, 0.717) is 5.92 Å². The number of halogens is 2. The Morgan fingerprint density at radius 3 is 2.93 bits per heavy atom. The van der Waals surface area contributed by atoms with E-state index in [4.69, 9.17) is 0 Å². The van der Waals surface area contributed by atoms with Crippen molar-refractivity contribution < 1.29 is 0 Å². The van der Waals surface area contributed by atoms with Gasteiger partial charge >= 0.3 is 0 Å². The molecular weight excluding hydrogens is 355 g/mol. The number of aromatic nitrogens is 2. The fourth-order valence-corrected chi connectivity index (χ4v) is 3.21. The zero-order valence-corrected chi connectivity index (χ0v) is 11.1. The summed E-state index contributed by atoms with van der Waals surface area (Å²) in [5.74, 6) is 1.84. The lowest BCUT2D eigenvalue weighted by molar-refractivity contribution is 0.986. The predicted molar refractivity (Wildman–Crippen MR) is 68.5 cm³/mol. The van der Waals surface area contributed by atoms with Crippen molar-refractivity contribution >= 4 is 49.6 Å². The molecule has 0 saturated heterocycles. The summed E-state index contributed by atoms with van der Waals surface area (Å²) in [5, 5.41) is 0. The third kappa shape index (κ3) is 1.48. The molecule has 0 amide bonds. The zero-order chi connectivity index (χ0) is 9.71. The molecule has 1 N–H and O–H groups in total. The Morgan fingerprint density at radius 2 is 2.21 bits per heavy atom. The summed E-state index contributed by atoms with van der Waals surface area (Å²) in [4.78, 5) is 8.00. The predicted octanol–water partition coefficient (Wildman–Crippen LogP) is 3.81. The fourth-order valence-electron chi connectivity index (χ4n) is 1.61. The minimum atomic E-state index is 0.687. The maximum Gasteiger partial charge on any atom is 0.110 e. The van der Waals surface area contributed by atoms with Crippen LogP contribution in [0.5, 0.6) is 0 Å². The van der Waals surface area contributed by atoms with Crippen molar-refractivity contribution in [3.63, 3.8) is 0 Å². The highest BCUT2D eigenvalue weighted by molar-refractivity contribution is 14.1. The van der Waals surface area contributed by atoms with E-state index in [2.05, 4.69) is 60.6 Å². The van der Waals surface area contributed by atoms with Crippen LogP contribution in [0, 0.1) is 3.57 Å². The number of benzene rings is 1. The van der Waals surface area contributed by atoms with Crippen molar-refractivity contribution in [1.29, 1.82) is 0 Å². The number of H-pyrrole nitrogens is 1. The normalized spacial score (nSPS) is 16.4. The molecule has 1 aliphatic carbocycles. The molecule has 0 aliphatic heterocycles. The van der Waals surface area contributed by atoms with Gasteiger partial charge in [-0.1, -0.05) is 0 Å². The zero-order valence-electron chi connectivity index (χ0n) is 7.35. The first-order valence-corrected chi connectivity index (χ1v) is 6.46. The van der Waals surface area contributed by atoms with Crippen LogP contribution >= 0.6 is 38.5 Å². The molecule has 1 heterocycles. The average Bonchev–Trinajstić information content (AvgIpc) is 2.87. The average molecular weight is 363 g/mol. The lowest BCUT2D eigenvalue weighted by Gasteiger charge is -1.93. The third-order valence-corrected chi connectivity index (χ3v) is 3.71. The number of fused-ring (bicyclic) bond motifs is 1. The van der Waals surface area contributed by atoms with E-state index >= 15 is 0 Å². The first kappa shape index (κ1) is 9.15. The van der Waals surface area contributed by atoms with Gasteiger partial charge in [-0.3, -0.25) is 0 Å². The first-order valence-electron chi connectivity index (χ1n) is 4.59. The SMILES string of the molecule is Brc1cc(I)cc2[nH]c(C3CC3)nc12. The van der Waals surface area contributed by atoms with Crippen LogP contribution in [-0.4, -0.2) is 9.97 Å². The molecule has 3 rings (SSSR count). The fraction of sp³-hybridized carbons (Fsp3) is 0.300. The number of nitrogens with zero attached hydrogens (tertiary/aromatic N) is 1. The summed E-state index contributed by atoms with van der Waals surface area (Å²) < 4.78 is 2.32. The number of hydrogen-bond donors (Lipinski definition) is 1. The molecule has 2 aromatic rings. The molecule has 0 radical (unpaired) electrons. The lowest BCUT2D eigenvalue weighted by Crippen LogP contribution is -1.79. The van der Waals surface area contributed by atoms with E-state index in [-0.39, 0.29) is 0 Å². The Labute approximate surface area is 104 Å². The number of nitrogens with one attached hydrogen (secondary N) is 1. The molecule has 0 atom stereocenters. The Hall–Kier alpha value is -0.100. The molecule has 1 fully saturated rings. The van der Waals surface area contributed by atoms with E-state index in [1.54, 1.807) is 0 Å². The second kappa shape index (κ2) is 3.20. The summed E-state index contributed by atoms with van der Waals surface area (Å²) in [7, 11) is 0. The summed E-state index contributed by atoms with van der Waals surface area (Å²) in [6, 6.07) is 4.24. The number of aromatic amines is 1. The van der Waals surface area contributed by atoms with Gasteiger partial charge in [0.05, 0.1) is 5.52 Å². The van der Waals surface area contributed by atoms with Gasteiger partial charge in [-0.25, -0.2) is 4.98 Å². The highest BCUT2D eigenvalue weighted by Crippen LogP contribution is 2.39. The second-order valence-electron chi connectivity index (χ2n) is 3.68. The van der Waals surface area contributed by atoms with Crippen molar-refractivity contribution in [2.75, 3.05) is 0 Å². The van der Waals surface area contributed by atoms with E-state index in [1.807, 2.05) is 0 Å². The van der Waals surface area contributed by atoms with Gasteiger partial charge in [0.1, 0.15) is 11.3 Å². The second-order valence-corrected chi connectivity index (χ2v) is 5.78. The van der Waals surface area contributed by atoms with E-state index in [1.165, 1.54) is 16.4 Å². The molecule has 1 saturated carbocycles. The van der Waals surface area contributed by atoms with Gasteiger partial charge in [0.25, 0.3) is 0 Å². The monoisotopic (exact) mass is 362 g/mol. The van der Waals surface area contributed by atoms with Crippen LogP contribution in [0.3, 0.4) is 0 Å². The van der Waals surface area contributed by atoms with Crippen LogP contribution < -0.4 is 0 Å². The Balaban J connectivity index is 2.26. The molecule has 1 aromatic heterocycles. The highest BCUT2D eigenvalue weighted by Gasteiger charge is 2.27. The van der Waals surface area contributed by atoms with Crippen LogP contribution in [0.25, 0.3) is 11.0 Å². The smallest absolute Gasteiger partial charge is 0.110 e. The van der Waals surface area contributed by atoms with Crippen LogP contribution in [0.1, 0.15) is 24.6 Å². The first-order chi connectivity index (χ1) is 6.74. The van der Waals surface area contributed by atoms with E-state index in [0.717, 1.165) is 21.3 Å². The topological polar surface area (TPSA) is 28.7 Å². The molecular formula is C10H8BrIN2. The van der Waals surface area contributed by atoms with E-state index < -0.39 is 0 Å². The molecule has 0 bridgehead atoms. The molecule has 0 spiro atoms. The standard InChI is InChI=1S/C10H8BrIN2/c11-7-3-6(12)4-8-9(7)14-10(13-8)5-1-2-5/h3-5H,1-2H2,(H,13,14). The van der Waals surface area contributed by atoms with Crippen molar-refractivity contribution in [3.8, 4) is 0 Å². The van der Waals surface area contributed by atoms with Crippen LogP contribution in [0.15, 0.2) is 16.6 Å². The Morgan fingerprint density at radius 1 is 1.43 bits per heavy atom. The lowest BCUT2D eigenvalue weighted by atomic mass is 10.3. The van der Waals surface area contributed by atoms with Crippen LogP contribution in [-0.2, 0) is 0 Å². The maximum atomic E-state index is 4.61. The van der Waals surface area contributed by atoms with Crippen molar-refractivity contribution in [1.82, 2.24) is 9.97 Å². The van der Waals surface area contributed by atoms with Crippen molar-refractivity contribution in [2.45, 2.75) is 18.8 Å². The van der Waals surface area contributed by atoms with Gasteiger partial charge in [-0.15, -0.1) is 0 Å². The number of rotatable bonds is 1. The van der Waals surface area contributed by atoms with Crippen LogP contribution in [0.4, 0.5) is 0 Å². The van der Waals surface area contributed by atoms with Gasteiger partial charge in [-0.2, -0.15) is 0 Å². The molecule has 1 aromatic carbocycles. The third-order valence-electron chi connectivity index (χ3n) is 2.49. The van der Waals surface area contributed by atoms with Crippen LogP contribution in [0.2, 0.25) is 0 Å². The number of imidazole rings is 1. The molecule has 2 nitrogen and oxygen atoms in total. The molecule has 4 heteroatoms. The minimum absolute atomic E-state index is 0.687. The Bertz CT molecular complexity index is 502. The van der Waals surface area contributed by atoms with Gasteiger partial charge in [-0.05, 0) is 63.5 Å². The maximum absolute atomic E-state index is 4.61. The molecule has 14 heavy (non-hydrogen) atoms. The highest BCUT2D eigenvalue weighted by atomic mass is 127. The summed E-state index contributed by atoms with van der Waals surface area (Å²) in [6.07, 6.45) is 2.57. The van der Waals surface area contributed by atoms with Gasteiger partial charge in [0.2, 0.25) is 0 Å². The van der Waals surface area contributed by atoms with E-state index in [9.17, 15) is 0 Å². The molecule has 72 valence electrons. The summed E-state index contributed by atoms with van der Waals surface area (Å²) >= 11 is 5.86. The van der Waals surface area contributed by atoms with Gasteiger partial charge < -0.3 is 4.98 Å². The molecule has 1 aliphatic rings. The van der Waals surface area contributed by atoms with Gasteiger partial charge in [0, 0.05) is 14.0 Å². The van der Waals surface area contributed by atoms with Gasteiger partial charge in [0.15, 0.2) is 0 Å². The minimum Gasteiger partial charge on any atom is -0.342 e. The van der Waals surface area contributed by atoms with Crippen molar-refractivity contribution in [3.05, 3.63) is 26.0 Å².